The van der Waals surface area contributed by atoms with Crippen molar-refractivity contribution in [2.45, 2.75) is 32.7 Å². The molecular formula is C19H28N2O2S. The molecule has 24 heavy (non-hydrogen) atoms. The van der Waals surface area contributed by atoms with Gasteiger partial charge in [0.2, 0.25) is 5.91 Å². The molecule has 1 aromatic rings. The lowest BCUT2D eigenvalue weighted by Gasteiger charge is -2.33. The number of hydrogen-bond donors (Lipinski definition) is 0. The van der Waals surface area contributed by atoms with Gasteiger partial charge >= 0.3 is 0 Å². The fourth-order valence-electron chi connectivity index (χ4n) is 4.62. The summed E-state index contributed by atoms with van der Waals surface area (Å²) in [7, 11) is 0. The number of ether oxygens (including phenoxy) is 1. The van der Waals surface area contributed by atoms with E-state index in [1.54, 1.807) is 0 Å². The first-order valence-corrected chi connectivity index (χ1v) is 10.2. The molecule has 0 unspecified atom stereocenters. The van der Waals surface area contributed by atoms with E-state index in [-0.39, 0.29) is 0 Å². The zero-order valence-electron chi connectivity index (χ0n) is 14.6. The lowest BCUT2D eigenvalue weighted by molar-refractivity contribution is -0.133. The molecule has 3 fully saturated rings. The monoisotopic (exact) mass is 348 g/mol. The molecule has 0 saturated carbocycles. The highest BCUT2D eigenvalue weighted by Crippen LogP contribution is 2.37. The molecule has 4 heterocycles. The van der Waals surface area contributed by atoms with Gasteiger partial charge in [0.1, 0.15) is 0 Å². The first-order chi connectivity index (χ1) is 11.7. The summed E-state index contributed by atoms with van der Waals surface area (Å²) in [5, 5.41) is 2.19. The molecular weight excluding hydrogens is 320 g/mol. The lowest BCUT2D eigenvalue weighted by Crippen LogP contribution is -2.39. The van der Waals surface area contributed by atoms with Crippen LogP contribution in [0.4, 0.5) is 0 Å². The van der Waals surface area contributed by atoms with Crippen molar-refractivity contribution in [3.63, 3.8) is 0 Å². The van der Waals surface area contributed by atoms with Crippen LogP contribution >= 0.6 is 11.3 Å². The summed E-state index contributed by atoms with van der Waals surface area (Å²) in [6.45, 7) is 9.08. The Kier molecular flexibility index (Phi) is 4.93. The predicted molar refractivity (Wildman–Crippen MR) is 96.1 cm³/mol. The second-order valence-electron chi connectivity index (χ2n) is 7.73. The Bertz CT molecular complexity index is 582. The maximum Gasteiger partial charge on any atom is 0.222 e. The summed E-state index contributed by atoms with van der Waals surface area (Å²) < 4.78 is 5.87. The number of aryl methyl sites for hydroxylation is 1. The molecule has 0 aliphatic carbocycles. The van der Waals surface area contributed by atoms with E-state index >= 15 is 0 Å². The first-order valence-electron chi connectivity index (χ1n) is 9.31. The number of fused-ring (bicyclic) bond motifs is 1. The lowest BCUT2D eigenvalue weighted by atomic mass is 9.81. The van der Waals surface area contributed by atoms with Crippen LogP contribution in [0.15, 0.2) is 11.4 Å². The Morgan fingerprint density at radius 2 is 2.12 bits per heavy atom. The summed E-state index contributed by atoms with van der Waals surface area (Å²) in [6, 6.07) is 2.21. The number of nitrogens with zero attached hydrogens (tertiary/aromatic N) is 2. The number of hydrogen-bond acceptors (Lipinski definition) is 4. The molecule has 132 valence electrons. The molecule has 0 N–H and O–H groups in total. The number of carbonyl (C=O) groups is 1. The largest absolute Gasteiger partial charge is 0.381 e. The van der Waals surface area contributed by atoms with Gasteiger partial charge < -0.3 is 9.64 Å². The summed E-state index contributed by atoms with van der Waals surface area (Å²) in [5.74, 6) is 2.00. The molecule has 3 atom stereocenters. The SMILES string of the molecule is Cc1ccsc1CN1C[C@@H]2COC[C@@H](CC(=O)N3CCCC3)[C@@H]2C1. The molecule has 0 bridgehead atoms. The van der Waals surface area contributed by atoms with E-state index in [1.807, 2.05) is 11.3 Å². The van der Waals surface area contributed by atoms with Crippen LogP contribution in [0, 0.1) is 24.7 Å². The molecule has 0 aromatic carbocycles. The standard InChI is InChI=1S/C19H28N2O2S/c1-14-4-7-24-18(14)11-20-9-16-13-23-12-15(17(16)10-20)8-19(22)21-5-2-3-6-21/h4,7,15-17H,2-3,5-6,8-13H2,1H3/t15-,16-,17+/m1/s1. The molecule has 5 heteroatoms. The second kappa shape index (κ2) is 7.14. The maximum absolute atomic E-state index is 12.5. The van der Waals surface area contributed by atoms with Gasteiger partial charge in [-0.1, -0.05) is 0 Å². The smallest absolute Gasteiger partial charge is 0.222 e. The van der Waals surface area contributed by atoms with Gasteiger partial charge in [0.15, 0.2) is 0 Å². The van der Waals surface area contributed by atoms with Crippen LogP contribution in [0.3, 0.4) is 0 Å². The number of carbonyl (C=O) groups excluding carboxylic acids is 1. The van der Waals surface area contributed by atoms with Crippen LogP contribution < -0.4 is 0 Å². The molecule has 3 aliphatic rings. The highest BCUT2D eigenvalue weighted by molar-refractivity contribution is 7.10. The Balaban J connectivity index is 1.37. The minimum Gasteiger partial charge on any atom is -0.381 e. The molecule has 3 aliphatic heterocycles. The maximum atomic E-state index is 12.5. The predicted octanol–water partition coefficient (Wildman–Crippen LogP) is 2.76. The van der Waals surface area contributed by atoms with Gasteiger partial charge in [-0.25, -0.2) is 0 Å². The Morgan fingerprint density at radius 1 is 1.29 bits per heavy atom. The summed E-state index contributed by atoms with van der Waals surface area (Å²) >= 11 is 1.86. The molecule has 1 aromatic heterocycles. The van der Waals surface area contributed by atoms with Gasteiger partial charge in [-0.3, -0.25) is 9.69 Å². The van der Waals surface area contributed by atoms with Crippen LogP contribution in [0.1, 0.15) is 29.7 Å². The normalized spacial score (nSPS) is 30.7. The molecule has 0 radical (unpaired) electrons. The van der Waals surface area contributed by atoms with Crippen LogP contribution in [0.2, 0.25) is 0 Å². The Hall–Kier alpha value is -0.910. The number of rotatable bonds is 4. The van der Waals surface area contributed by atoms with Crippen molar-refractivity contribution in [3.8, 4) is 0 Å². The minimum absolute atomic E-state index is 0.356. The summed E-state index contributed by atoms with van der Waals surface area (Å²) in [5.41, 5.74) is 1.41. The van der Waals surface area contributed by atoms with Gasteiger partial charge in [0, 0.05) is 44.0 Å². The van der Waals surface area contributed by atoms with Crippen LogP contribution in [0.25, 0.3) is 0 Å². The number of thiophene rings is 1. The van der Waals surface area contributed by atoms with Crippen molar-refractivity contribution in [2.24, 2.45) is 17.8 Å². The van der Waals surface area contributed by atoms with Gasteiger partial charge in [-0.15, -0.1) is 11.3 Å². The third-order valence-electron chi connectivity index (χ3n) is 6.07. The molecule has 3 saturated heterocycles. The summed E-state index contributed by atoms with van der Waals surface area (Å²) in [6.07, 6.45) is 3.03. The van der Waals surface area contributed by atoms with Crippen molar-refractivity contribution in [2.75, 3.05) is 39.4 Å². The van der Waals surface area contributed by atoms with Crippen molar-refractivity contribution in [1.82, 2.24) is 9.80 Å². The van der Waals surface area contributed by atoms with Gasteiger partial charge in [0.05, 0.1) is 13.2 Å². The molecule has 4 rings (SSSR count). The molecule has 1 amide bonds. The second-order valence-corrected chi connectivity index (χ2v) is 8.74. The van der Waals surface area contributed by atoms with E-state index in [0.717, 1.165) is 45.9 Å². The van der Waals surface area contributed by atoms with Crippen LogP contribution in [0.5, 0.6) is 0 Å². The Labute approximate surface area is 148 Å². The quantitative estimate of drug-likeness (QED) is 0.839. The molecule has 0 spiro atoms. The van der Waals surface area contributed by atoms with Crippen LogP contribution in [-0.4, -0.2) is 55.1 Å². The first kappa shape index (κ1) is 16.6. The average molecular weight is 349 g/mol. The van der Waals surface area contributed by atoms with Crippen molar-refractivity contribution >= 4 is 17.2 Å². The van der Waals surface area contributed by atoms with Gasteiger partial charge in [-0.2, -0.15) is 0 Å². The number of amides is 1. The highest BCUT2D eigenvalue weighted by Gasteiger charge is 2.42. The van der Waals surface area contributed by atoms with Gasteiger partial charge in [-0.05, 0) is 54.5 Å². The van der Waals surface area contributed by atoms with E-state index in [2.05, 4.69) is 28.2 Å². The fraction of sp³-hybridized carbons (Fsp3) is 0.737. The fourth-order valence-corrected chi connectivity index (χ4v) is 5.57. The van der Waals surface area contributed by atoms with E-state index in [1.165, 1.54) is 23.3 Å². The topological polar surface area (TPSA) is 32.8 Å². The third kappa shape index (κ3) is 3.39. The van der Waals surface area contributed by atoms with Crippen molar-refractivity contribution in [1.29, 1.82) is 0 Å². The summed E-state index contributed by atoms with van der Waals surface area (Å²) in [4.78, 5) is 18.7. The van der Waals surface area contributed by atoms with Crippen LogP contribution in [-0.2, 0) is 16.1 Å². The van der Waals surface area contributed by atoms with E-state index in [4.69, 9.17) is 4.74 Å². The van der Waals surface area contributed by atoms with E-state index in [0.29, 0.717) is 30.1 Å². The van der Waals surface area contributed by atoms with E-state index < -0.39 is 0 Å². The zero-order valence-corrected chi connectivity index (χ0v) is 15.4. The number of likely N-dealkylation sites (tertiary alicyclic amines) is 2. The van der Waals surface area contributed by atoms with Crippen molar-refractivity contribution in [3.05, 3.63) is 21.9 Å². The van der Waals surface area contributed by atoms with E-state index in [9.17, 15) is 4.79 Å². The average Bonchev–Trinajstić information content (AvgIpc) is 3.29. The molecule has 4 nitrogen and oxygen atoms in total. The zero-order chi connectivity index (χ0) is 16.5. The minimum atomic E-state index is 0.356. The third-order valence-corrected chi connectivity index (χ3v) is 7.08. The highest BCUT2D eigenvalue weighted by atomic mass is 32.1. The van der Waals surface area contributed by atoms with Crippen molar-refractivity contribution < 1.29 is 9.53 Å². The van der Waals surface area contributed by atoms with Gasteiger partial charge in [0.25, 0.3) is 0 Å². The Morgan fingerprint density at radius 3 is 2.88 bits per heavy atom.